The maximum atomic E-state index is 13.2. The van der Waals surface area contributed by atoms with Crippen molar-refractivity contribution in [2.75, 3.05) is 33.2 Å². The zero-order chi connectivity index (χ0) is 23.5. The van der Waals surface area contributed by atoms with Gasteiger partial charge in [-0.3, -0.25) is 4.79 Å². The number of hydrogen-bond acceptors (Lipinski definition) is 4. The van der Waals surface area contributed by atoms with Crippen LogP contribution in [0.2, 0.25) is 0 Å². The van der Waals surface area contributed by atoms with Crippen LogP contribution < -0.4 is 10.6 Å². The van der Waals surface area contributed by atoms with Crippen molar-refractivity contribution in [3.05, 3.63) is 64.2 Å². The third-order valence-electron chi connectivity index (χ3n) is 5.62. The molecule has 3 amide bonds. The summed E-state index contributed by atoms with van der Waals surface area (Å²) in [4.78, 5) is 26.1. The molecule has 0 aromatic heterocycles. The second-order valence-electron chi connectivity index (χ2n) is 8.05. The smallest absolute Gasteiger partial charge is 0.317 e. The molecule has 0 saturated carbocycles. The van der Waals surface area contributed by atoms with E-state index in [1.54, 1.807) is 36.2 Å². The number of benzene rings is 2. The van der Waals surface area contributed by atoms with E-state index in [9.17, 15) is 18.0 Å². The van der Waals surface area contributed by atoms with Crippen LogP contribution in [0.5, 0.6) is 0 Å². The van der Waals surface area contributed by atoms with Gasteiger partial charge in [-0.25, -0.2) is 13.2 Å². The van der Waals surface area contributed by atoms with Gasteiger partial charge in [-0.2, -0.15) is 4.31 Å². The molecule has 32 heavy (non-hydrogen) atoms. The molecular weight excluding hydrogens is 428 g/mol. The summed E-state index contributed by atoms with van der Waals surface area (Å²) in [5.74, 6) is -0.163. The number of hydrogen-bond donors (Lipinski definition) is 2. The minimum atomic E-state index is -3.62. The first-order valence-corrected chi connectivity index (χ1v) is 12.0. The van der Waals surface area contributed by atoms with Crippen LogP contribution in [0.4, 0.5) is 4.79 Å². The Labute approximate surface area is 189 Å². The van der Waals surface area contributed by atoms with Gasteiger partial charge in [-0.15, -0.1) is 0 Å². The number of amides is 3. The fraction of sp³-hybridized carbons (Fsp3) is 0.391. The number of carbonyl (C=O) groups excluding carboxylic acids is 2. The Morgan fingerprint density at radius 1 is 0.938 bits per heavy atom. The van der Waals surface area contributed by atoms with Gasteiger partial charge in [-0.05, 0) is 49.6 Å². The number of rotatable bonds is 5. The van der Waals surface area contributed by atoms with Crippen LogP contribution in [0.25, 0.3) is 0 Å². The van der Waals surface area contributed by atoms with E-state index in [0.717, 1.165) is 22.3 Å². The van der Waals surface area contributed by atoms with E-state index in [2.05, 4.69) is 10.6 Å². The average molecular weight is 459 g/mol. The summed E-state index contributed by atoms with van der Waals surface area (Å²) < 4.78 is 27.9. The summed E-state index contributed by atoms with van der Waals surface area (Å²) in [7, 11) is -2.04. The molecule has 1 saturated heterocycles. The molecular formula is C23H30N4O4S. The largest absolute Gasteiger partial charge is 0.355 e. The van der Waals surface area contributed by atoms with Gasteiger partial charge in [0.1, 0.15) is 0 Å². The van der Waals surface area contributed by atoms with Crippen molar-refractivity contribution < 1.29 is 18.0 Å². The van der Waals surface area contributed by atoms with E-state index in [0.29, 0.717) is 30.1 Å². The zero-order valence-electron chi connectivity index (χ0n) is 18.9. The van der Waals surface area contributed by atoms with Crippen molar-refractivity contribution in [2.45, 2.75) is 32.2 Å². The Kier molecular flexibility index (Phi) is 7.20. The van der Waals surface area contributed by atoms with Gasteiger partial charge in [0, 0.05) is 45.3 Å². The molecule has 0 spiro atoms. The molecule has 2 aromatic rings. The first-order valence-electron chi connectivity index (χ1n) is 10.5. The molecule has 0 atom stereocenters. The Bertz CT molecular complexity index is 1080. The summed E-state index contributed by atoms with van der Waals surface area (Å²) in [5.41, 5.74) is 3.94. The molecule has 3 rings (SSSR count). The summed E-state index contributed by atoms with van der Waals surface area (Å²) in [6.45, 7) is 7.06. The van der Waals surface area contributed by atoms with Gasteiger partial charge < -0.3 is 15.5 Å². The van der Waals surface area contributed by atoms with Crippen molar-refractivity contribution in [2.24, 2.45) is 0 Å². The highest BCUT2D eigenvalue weighted by molar-refractivity contribution is 7.89. The second kappa shape index (κ2) is 9.70. The molecule has 1 aliphatic heterocycles. The summed E-state index contributed by atoms with van der Waals surface area (Å²) in [6.07, 6.45) is 0. The topological polar surface area (TPSA) is 98.8 Å². The molecule has 1 fully saturated rings. The lowest BCUT2D eigenvalue weighted by Crippen LogP contribution is -2.53. The summed E-state index contributed by atoms with van der Waals surface area (Å²) in [6, 6.07) is 10.5. The maximum Gasteiger partial charge on any atom is 0.317 e. The molecule has 172 valence electrons. The molecule has 1 heterocycles. The lowest BCUT2D eigenvalue weighted by molar-refractivity contribution is 0.0963. The van der Waals surface area contributed by atoms with Crippen LogP contribution in [-0.2, 0) is 16.6 Å². The van der Waals surface area contributed by atoms with Crippen LogP contribution in [0.1, 0.15) is 32.6 Å². The molecule has 0 unspecified atom stereocenters. The third-order valence-corrected chi connectivity index (χ3v) is 7.82. The first kappa shape index (κ1) is 23.7. The highest BCUT2D eigenvalue weighted by Crippen LogP contribution is 2.26. The Balaban J connectivity index is 1.57. The quantitative estimate of drug-likeness (QED) is 0.718. The Hall–Kier alpha value is -2.91. The van der Waals surface area contributed by atoms with Crippen molar-refractivity contribution in [3.63, 3.8) is 0 Å². The average Bonchev–Trinajstić information content (AvgIpc) is 2.76. The molecule has 0 aliphatic carbocycles. The Morgan fingerprint density at radius 3 is 2.03 bits per heavy atom. The van der Waals surface area contributed by atoms with E-state index < -0.39 is 10.0 Å². The molecule has 2 aromatic carbocycles. The van der Waals surface area contributed by atoms with Gasteiger partial charge in [0.25, 0.3) is 5.91 Å². The predicted octanol–water partition coefficient (Wildman–Crippen LogP) is 2.19. The van der Waals surface area contributed by atoms with E-state index >= 15 is 0 Å². The van der Waals surface area contributed by atoms with Gasteiger partial charge in [0.05, 0.1) is 4.90 Å². The van der Waals surface area contributed by atoms with Gasteiger partial charge >= 0.3 is 6.03 Å². The van der Waals surface area contributed by atoms with Crippen molar-refractivity contribution in [1.82, 2.24) is 19.8 Å². The number of aryl methyl sites for hydroxylation is 3. The highest BCUT2D eigenvalue weighted by atomic mass is 32.2. The minimum Gasteiger partial charge on any atom is -0.355 e. The Morgan fingerprint density at radius 2 is 1.50 bits per heavy atom. The monoisotopic (exact) mass is 458 g/mol. The van der Waals surface area contributed by atoms with Crippen molar-refractivity contribution >= 4 is 22.0 Å². The number of nitrogens with one attached hydrogen (secondary N) is 2. The lowest BCUT2D eigenvalue weighted by atomic mass is 10.1. The van der Waals surface area contributed by atoms with Crippen molar-refractivity contribution in [1.29, 1.82) is 0 Å². The SMILES string of the molecule is CNC(=O)c1ccc(CNC(=O)N2CCN(S(=O)(=O)c3c(C)cc(C)cc3C)CC2)cc1. The number of piperazine rings is 1. The molecule has 0 bridgehead atoms. The summed E-state index contributed by atoms with van der Waals surface area (Å²) >= 11 is 0. The van der Waals surface area contributed by atoms with E-state index in [1.807, 2.05) is 32.9 Å². The van der Waals surface area contributed by atoms with Gasteiger partial charge in [0.15, 0.2) is 0 Å². The summed E-state index contributed by atoms with van der Waals surface area (Å²) in [5, 5.41) is 5.42. The highest BCUT2D eigenvalue weighted by Gasteiger charge is 2.32. The molecule has 9 heteroatoms. The zero-order valence-corrected chi connectivity index (χ0v) is 19.8. The van der Waals surface area contributed by atoms with E-state index in [4.69, 9.17) is 0 Å². The molecule has 0 radical (unpaired) electrons. The number of sulfonamides is 1. The van der Waals surface area contributed by atoms with E-state index in [1.165, 1.54) is 4.31 Å². The van der Waals surface area contributed by atoms with Crippen LogP contribution in [-0.4, -0.2) is 62.8 Å². The number of nitrogens with zero attached hydrogens (tertiary/aromatic N) is 2. The lowest BCUT2D eigenvalue weighted by Gasteiger charge is -2.34. The minimum absolute atomic E-state index is 0.163. The van der Waals surface area contributed by atoms with Crippen LogP contribution in [0.3, 0.4) is 0 Å². The van der Waals surface area contributed by atoms with E-state index in [-0.39, 0.29) is 25.0 Å². The molecule has 1 aliphatic rings. The van der Waals surface area contributed by atoms with Crippen LogP contribution in [0.15, 0.2) is 41.3 Å². The third kappa shape index (κ3) is 5.11. The molecule has 2 N–H and O–H groups in total. The normalized spacial score (nSPS) is 14.8. The predicted molar refractivity (Wildman–Crippen MR) is 123 cm³/mol. The fourth-order valence-electron chi connectivity index (χ4n) is 4.04. The van der Waals surface area contributed by atoms with Gasteiger partial charge in [-0.1, -0.05) is 29.8 Å². The first-order chi connectivity index (χ1) is 15.1. The van der Waals surface area contributed by atoms with Crippen LogP contribution in [0, 0.1) is 20.8 Å². The fourth-order valence-corrected chi connectivity index (χ4v) is 5.88. The standard InChI is InChI=1S/C23H30N4O4S/c1-16-13-17(2)21(18(3)14-16)32(30,31)27-11-9-26(10-12-27)23(29)25-15-19-5-7-20(8-6-19)22(28)24-4/h5-8,13-14H,9-12,15H2,1-4H3,(H,24,28)(H,25,29). The van der Waals surface area contributed by atoms with Gasteiger partial charge in [0.2, 0.25) is 10.0 Å². The number of carbonyl (C=O) groups is 2. The van der Waals surface area contributed by atoms with Crippen LogP contribution >= 0.6 is 0 Å². The second-order valence-corrected chi connectivity index (χ2v) is 9.93. The number of urea groups is 1. The maximum absolute atomic E-state index is 13.2. The van der Waals surface area contributed by atoms with Crippen molar-refractivity contribution in [3.8, 4) is 0 Å². The molecule has 8 nitrogen and oxygen atoms in total.